The second-order valence-electron chi connectivity index (χ2n) is 5.52. The molecule has 0 aliphatic carbocycles. The molecule has 0 radical (unpaired) electrons. The maximum absolute atomic E-state index is 12.6. The molecule has 0 N–H and O–H groups in total. The number of nitrogens with zero attached hydrogens (tertiary/aromatic N) is 4. The first kappa shape index (κ1) is 15.3. The van der Waals surface area contributed by atoms with Gasteiger partial charge in [-0.05, 0) is 35.0 Å². The molecule has 118 valence electrons. The Hall–Kier alpha value is -1.60. The highest BCUT2D eigenvalue weighted by Gasteiger charge is 2.26. The van der Waals surface area contributed by atoms with E-state index in [-0.39, 0.29) is 5.91 Å². The van der Waals surface area contributed by atoms with Crippen LogP contribution in [0.25, 0.3) is 0 Å². The van der Waals surface area contributed by atoms with E-state index in [1.807, 2.05) is 31.0 Å². The Morgan fingerprint density at radius 3 is 2.64 bits per heavy atom. The highest BCUT2D eigenvalue weighted by molar-refractivity contribution is 9.10. The van der Waals surface area contributed by atoms with Gasteiger partial charge in [0.1, 0.15) is 5.76 Å². The van der Waals surface area contributed by atoms with E-state index in [4.69, 9.17) is 4.42 Å². The van der Waals surface area contributed by atoms with E-state index < -0.39 is 0 Å². The van der Waals surface area contributed by atoms with E-state index in [0.29, 0.717) is 18.8 Å². The molecule has 3 rings (SSSR count). The Morgan fingerprint density at radius 2 is 2.09 bits per heavy atom. The summed E-state index contributed by atoms with van der Waals surface area (Å²) in [5, 5.41) is 4.31. The SMILES string of the molecule is Cc1c(Br)c(C(=O)N2CCN(Cc3ccco3)CC2)nn1C. The molecule has 0 bridgehead atoms. The molecule has 2 aromatic rings. The van der Waals surface area contributed by atoms with Crippen LogP contribution in [0.4, 0.5) is 0 Å². The lowest BCUT2D eigenvalue weighted by Crippen LogP contribution is -2.48. The molecule has 0 saturated carbocycles. The van der Waals surface area contributed by atoms with Gasteiger partial charge < -0.3 is 9.32 Å². The lowest BCUT2D eigenvalue weighted by Gasteiger charge is -2.33. The first-order valence-corrected chi connectivity index (χ1v) is 8.08. The first-order chi connectivity index (χ1) is 10.6. The number of aromatic nitrogens is 2. The van der Waals surface area contributed by atoms with Gasteiger partial charge in [0, 0.05) is 33.2 Å². The molecule has 0 aromatic carbocycles. The summed E-state index contributed by atoms with van der Waals surface area (Å²) >= 11 is 3.47. The largest absolute Gasteiger partial charge is 0.468 e. The number of furan rings is 1. The van der Waals surface area contributed by atoms with Crippen LogP contribution >= 0.6 is 15.9 Å². The normalized spacial score (nSPS) is 16.2. The van der Waals surface area contributed by atoms with Crippen molar-refractivity contribution in [2.45, 2.75) is 13.5 Å². The number of carbonyl (C=O) groups is 1. The van der Waals surface area contributed by atoms with Gasteiger partial charge in [-0.2, -0.15) is 5.10 Å². The average molecular weight is 367 g/mol. The van der Waals surface area contributed by atoms with Crippen molar-refractivity contribution in [1.29, 1.82) is 0 Å². The number of piperazine rings is 1. The fourth-order valence-electron chi connectivity index (χ4n) is 2.60. The highest BCUT2D eigenvalue weighted by Crippen LogP contribution is 2.22. The predicted octanol–water partition coefficient (Wildman–Crippen LogP) is 2.04. The van der Waals surface area contributed by atoms with Crippen LogP contribution in [0, 0.1) is 6.92 Å². The lowest BCUT2D eigenvalue weighted by atomic mass is 10.2. The molecule has 1 aliphatic heterocycles. The van der Waals surface area contributed by atoms with Crippen LogP contribution in [-0.2, 0) is 13.6 Å². The van der Waals surface area contributed by atoms with Gasteiger partial charge in [0.15, 0.2) is 5.69 Å². The summed E-state index contributed by atoms with van der Waals surface area (Å²) in [5.41, 5.74) is 1.46. The average Bonchev–Trinajstić information content (AvgIpc) is 3.12. The second-order valence-corrected chi connectivity index (χ2v) is 6.31. The number of amides is 1. The third-order valence-electron chi connectivity index (χ3n) is 4.08. The standard InChI is InChI=1S/C15H19BrN4O2/c1-11-13(16)14(17-18(11)2)15(21)20-7-5-19(6-8-20)10-12-4-3-9-22-12/h3-4,9H,5-8,10H2,1-2H3. The molecule has 1 amide bonds. The van der Waals surface area contributed by atoms with E-state index in [1.165, 1.54) is 0 Å². The third kappa shape index (κ3) is 2.96. The van der Waals surface area contributed by atoms with Gasteiger partial charge in [0.2, 0.25) is 0 Å². The highest BCUT2D eigenvalue weighted by atomic mass is 79.9. The van der Waals surface area contributed by atoms with Gasteiger partial charge >= 0.3 is 0 Å². The number of hydrogen-bond acceptors (Lipinski definition) is 4. The van der Waals surface area contributed by atoms with E-state index in [2.05, 4.69) is 25.9 Å². The number of hydrogen-bond donors (Lipinski definition) is 0. The molecule has 22 heavy (non-hydrogen) atoms. The van der Waals surface area contributed by atoms with Crippen LogP contribution in [0.2, 0.25) is 0 Å². The van der Waals surface area contributed by atoms with E-state index >= 15 is 0 Å². The molecular formula is C15H19BrN4O2. The third-order valence-corrected chi connectivity index (χ3v) is 5.03. The van der Waals surface area contributed by atoms with E-state index in [1.54, 1.807) is 10.9 Å². The number of carbonyl (C=O) groups excluding carboxylic acids is 1. The van der Waals surface area contributed by atoms with Gasteiger partial charge in [-0.25, -0.2) is 0 Å². The Morgan fingerprint density at radius 1 is 1.36 bits per heavy atom. The maximum atomic E-state index is 12.6. The molecule has 2 aromatic heterocycles. The van der Waals surface area contributed by atoms with Gasteiger partial charge in [-0.15, -0.1) is 0 Å². The van der Waals surface area contributed by atoms with Crippen molar-refractivity contribution >= 4 is 21.8 Å². The van der Waals surface area contributed by atoms with E-state index in [0.717, 1.165) is 35.6 Å². The lowest BCUT2D eigenvalue weighted by molar-refractivity contribution is 0.0613. The van der Waals surface area contributed by atoms with Crippen molar-refractivity contribution < 1.29 is 9.21 Å². The first-order valence-electron chi connectivity index (χ1n) is 7.29. The topological polar surface area (TPSA) is 54.5 Å². The molecule has 1 saturated heterocycles. The minimum atomic E-state index is -0.00627. The second kappa shape index (κ2) is 6.26. The van der Waals surface area contributed by atoms with Crippen LogP contribution < -0.4 is 0 Å². The minimum absolute atomic E-state index is 0.00627. The predicted molar refractivity (Wildman–Crippen MR) is 85.5 cm³/mol. The van der Waals surface area contributed by atoms with E-state index in [9.17, 15) is 4.79 Å². The summed E-state index contributed by atoms with van der Waals surface area (Å²) in [6.45, 7) is 5.84. The van der Waals surface area contributed by atoms with Gasteiger partial charge in [-0.1, -0.05) is 0 Å². The molecule has 0 spiro atoms. The smallest absolute Gasteiger partial charge is 0.275 e. The van der Waals surface area contributed by atoms with Crippen LogP contribution in [0.1, 0.15) is 21.9 Å². The Kier molecular flexibility index (Phi) is 4.35. The monoisotopic (exact) mass is 366 g/mol. The van der Waals surface area contributed by atoms with Crippen molar-refractivity contribution in [3.63, 3.8) is 0 Å². The molecule has 0 atom stereocenters. The number of rotatable bonds is 3. The summed E-state index contributed by atoms with van der Waals surface area (Å²) in [7, 11) is 1.85. The van der Waals surface area contributed by atoms with Crippen molar-refractivity contribution in [1.82, 2.24) is 19.6 Å². The Balaban J connectivity index is 1.61. The van der Waals surface area contributed by atoms with Crippen LogP contribution in [-0.4, -0.2) is 51.7 Å². The van der Waals surface area contributed by atoms with Crippen LogP contribution in [0.5, 0.6) is 0 Å². The van der Waals surface area contributed by atoms with Crippen molar-refractivity contribution in [3.05, 3.63) is 40.0 Å². The zero-order chi connectivity index (χ0) is 15.7. The fourth-order valence-corrected chi connectivity index (χ4v) is 3.11. The summed E-state index contributed by atoms with van der Waals surface area (Å²) in [6.07, 6.45) is 1.69. The molecule has 6 nitrogen and oxygen atoms in total. The van der Waals surface area contributed by atoms with Gasteiger partial charge in [0.05, 0.1) is 23.0 Å². The van der Waals surface area contributed by atoms with Crippen molar-refractivity contribution in [2.75, 3.05) is 26.2 Å². The van der Waals surface area contributed by atoms with Gasteiger partial charge in [0.25, 0.3) is 5.91 Å². The maximum Gasteiger partial charge on any atom is 0.275 e. The Bertz CT molecular complexity index is 657. The molecule has 7 heteroatoms. The van der Waals surface area contributed by atoms with Crippen LogP contribution in [0.3, 0.4) is 0 Å². The quantitative estimate of drug-likeness (QED) is 0.833. The minimum Gasteiger partial charge on any atom is -0.468 e. The van der Waals surface area contributed by atoms with Crippen LogP contribution in [0.15, 0.2) is 27.3 Å². The molecule has 1 fully saturated rings. The molecular weight excluding hydrogens is 348 g/mol. The summed E-state index contributed by atoms with van der Waals surface area (Å²) < 4.78 is 7.89. The number of aryl methyl sites for hydroxylation is 1. The summed E-state index contributed by atoms with van der Waals surface area (Å²) in [5.74, 6) is 0.955. The van der Waals surface area contributed by atoms with Gasteiger partial charge in [-0.3, -0.25) is 14.4 Å². The fraction of sp³-hybridized carbons (Fsp3) is 0.467. The molecule has 3 heterocycles. The van der Waals surface area contributed by atoms with Crippen molar-refractivity contribution in [3.8, 4) is 0 Å². The Labute approximate surface area is 137 Å². The number of halogens is 1. The summed E-state index contributed by atoms with van der Waals surface area (Å²) in [4.78, 5) is 16.8. The van der Waals surface area contributed by atoms with Crippen molar-refractivity contribution in [2.24, 2.45) is 7.05 Å². The molecule has 0 unspecified atom stereocenters. The zero-order valence-corrected chi connectivity index (χ0v) is 14.3. The zero-order valence-electron chi connectivity index (χ0n) is 12.8. The summed E-state index contributed by atoms with van der Waals surface area (Å²) in [6, 6.07) is 3.88. The molecule has 1 aliphatic rings.